The van der Waals surface area contributed by atoms with Crippen LogP contribution in [0.15, 0.2) is 30.3 Å². The Morgan fingerprint density at radius 3 is 2.62 bits per heavy atom. The second-order valence-corrected chi connectivity index (χ2v) is 8.02. The summed E-state index contributed by atoms with van der Waals surface area (Å²) in [6.07, 6.45) is 4.38. The standard InChI is InChI=1S/C16H22O4S/c1-21(18,19)15-9-5-6-13(12-15)16(17)10-11-20-14-7-3-2-4-8-14/h2-4,7-8,13,15H,5-6,9-12H2,1H3. The van der Waals surface area contributed by atoms with E-state index in [2.05, 4.69) is 0 Å². The van der Waals surface area contributed by atoms with Crippen LogP contribution in [0, 0.1) is 5.92 Å². The molecule has 116 valence electrons. The Bertz CT molecular complexity index is 565. The minimum Gasteiger partial charge on any atom is -0.493 e. The van der Waals surface area contributed by atoms with Crippen LogP contribution in [0.1, 0.15) is 32.1 Å². The Hall–Kier alpha value is -1.36. The van der Waals surface area contributed by atoms with Crippen LogP contribution in [0.3, 0.4) is 0 Å². The Balaban J connectivity index is 1.80. The Morgan fingerprint density at radius 1 is 1.24 bits per heavy atom. The van der Waals surface area contributed by atoms with E-state index in [9.17, 15) is 13.2 Å². The number of rotatable bonds is 6. The van der Waals surface area contributed by atoms with Gasteiger partial charge in [-0.2, -0.15) is 0 Å². The molecule has 0 aromatic heterocycles. The van der Waals surface area contributed by atoms with Crippen LogP contribution in [0.2, 0.25) is 0 Å². The predicted molar refractivity (Wildman–Crippen MR) is 82.2 cm³/mol. The molecule has 1 fully saturated rings. The van der Waals surface area contributed by atoms with Gasteiger partial charge in [-0.3, -0.25) is 4.79 Å². The molecule has 0 aliphatic heterocycles. The van der Waals surface area contributed by atoms with E-state index in [1.54, 1.807) is 0 Å². The second kappa shape index (κ2) is 7.07. The van der Waals surface area contributed by atoms with Crippen LogP contribution in [0.4, 0.5) is 0 Å². The van der Waals surface area contributed by atoms with E-state index in [1.165, 1.54) is 6.26 Å². The first kappa shape index (κ1) is 16.0. The number of benzene rings is 1. The molecule has 0 amide bonds. The van der Waals surface area contributed by atoms with Gasteiger partial charge in [-0.05, 0) is 31.4 Å². The lowest BCUT2D eigenvalue weighted by Crippen LogP contribution is -2.31. The highest BCUT2D eigenvalue weighted by atomic mass is 32.2. The Kier molecular flexibility index (Phi) is 5.39. The molecule has 2 unspecified atom stereocenters. The van der Waals surface area contributed by atoms with Crippen molar-refractivity contribution in [2.45, 2.75) is 37.4 Å². The van der Waals surface area contributed by atoms with E-state index >= 15 is 0 Å². The quantitative estimate of drug-likeness (QED) is 0.810. The van der Waals surface area contributed by atoms with Crippen molar-refractivity contribution in [3.05, 3.63) is 30.3 Å². The molecular formula is C16H22O4S. The fourth-order valence-electron chi connectivity index (χ4n) is 2.82. The van der Waals surface area contributed by atoms with E-state index in [0.717, 1.165) is 18.6 Å². The molecule has 0 spiro atoms. The molecule has 5 heteroatoms. The molecule has 2 atom stereocenters. The first-order valence-electron chi connectivity index (χ1n) is 7.36. The fourth-order valence-corrected chi connectivity index (χ4v) is 3.99. The number of hydrogen-bond acceptors (Lipinski definition) is 4. The van der Waals surface area contributed by atoms with E-state index in [-0.39, 0.29) is 17.0 Å². The minimum atomic E-state index is -3.04. The van der Waals surface area contributed by atoms with E-state index in [0.29, 0.717) is 25.9 Å². The zero-order chi connectivity index (χ0) is 15.3. The third-order valence-corrected chi connectivity index (χ3v) is 5.69. The van der Waals surface area contributed by atoms with Crippen molar-refractivity contribution < 1.29 is 17.9 Å². The average molecular weight is 310 g/mol. The highest BCUT2D eigenvalue weighted by molar-refractivity contribution is 7.91. The molecule has 0 heterocycles. The van der Waals surface area contributed by atoms with Gasteiger partial charge in [0.15, 0.2) is 0 Å². The lowest BCUT2D eigenvalue weighted by Gasteiger charge is -2.27. The van der Waals surface area contributed by atoms with Gasteiger partial charge < -0.3 is 4.74 Å². The van der Waals surface area contributed by atoms with Crippen LogP contribution >= 0.6 is 0 Å². The van der Waals surface area contributed by atoms with Gasteiger partial charge in [0.25, 0.3) is 0 Å². The van der Waals surface area contributed by atoms with Gasteiger partial charge in [0.05, 0.1) is 11.9 Å². The molecule has 1 aliphatic carbocycles. The molecule has 21 heavy (non-hydrogen) atoms. The summed E-state index contributed by atoms with van der Waals surface area (Å²) in [5.41, 5.74) is 0. The van der Waals surface area contributed by atoms with Gasteiger partial charge in [0.2, 0.25) is 0 Å². The molecule has 0 bridgehead atoms. The smallest absolute Gasteiger partial charge is 0.150 e. The number of carbonyl (C=O) groups is 1. The van der Waals surface area contributed by atoms with Crippen LogP contribution in [0.25, 0.3) is 0 Å². The summed E-state index contributed by atoms with van der Waals surface area (Å²) >= 11 is 0. The lowest BCUT2D eigenvalue weighted by molar-refractivity contribution is -0.124. The maximum atomic E-state index is 12.2. The molecule has 1 aliphatic rings. The lowest BCUT2D eigenvalue weighted by atomic mass is 9.85. The number of ketones is 1. The highest BCUT2D eigenvalue weighted by Gasteiger charge is 2.32. The van der Waals surface area contributed by atoms with Crippen LogP contribution in [-0.4, -0.2) is 32.3 Å². The largest absolute Gasteiger partial charge is 0.493 e. The SMILES string of the molecule is CS(=O)(=O)C1CCCC(C(=O)CCOc2ccccc2)C1. The monoisotopic (exact) mass is 310 g/mol. The van der Waals surface area contributed by atoms with Crippen molar-refractivity contribution in [3.63, 3.8) is 0 Å². The van der Waals surface area contributed by atoms with Gasteiger partial charge in [0, 0.05) is 18.6 Å². The van der Waals surface area contributed by atoms with E-state index in [1.807, 2.05) is 30.3 Å². The molecular weight excluding hydrogens is 288 g/mol. The van der Waals surface area contributed by atoms with Crippen molar-refractivity contribution in [1.29, 1.82) is 0 Å². The topological polar surface area (TPSA) is 60.4 Å². The van der Waals surface area contributed by atoms with Gasteiger partial charge >= 0.3 is 0 Å². The Morgan fingerprint density at radius 2 is 1.95 bits per heavy atom. The van der Waals surface area contributed by atoms with Crippen molar-refractivity contribution in [1.82, 2.24) is 0 Å². The van der Waals surface area contributed by atoms with Gasteiger partial charge in [-0.15, -0.1) is 0 Å². The first-order valence-corrected chi connectivity index (χ1v) is 9.31. The van der Waals surface area contributed by atoms with Crippen LogP contribution in [0.5, 0.6) is 5.75 Å². The number of Topliss-reactive ketones (excluding diaryl/α,β-unsaturated/α-hetero) is 1. The maximum absolute atomic E-state index is 12.2. The molecule has 0 N–H and O–H groups in total. The number of carbonyl (C=O) groups excluding carboxylic acids is 1. The summed E-state index contributed by atoms with van der Waals surface area (Å²) in [6.45, 7) is 0.350. The van der Waals surface area contributed by atoms with Gasteiger partial charge in [-0.25, -0.2) is 8.42 Å². The minimum absolute atomic E-state index is 0.124. The highest BCUT2D eigenvalue weighted by Crippen LogP contribution is 2.29. The molecule has 0 saturated heterocycles. The van der Waals surface area contributed by atoms with E-state index in [4.69, 9.17) is 4.74 Å². The fraction of sp³-hybridized carbons (Fsp3) is 0.562. The molecule has 1 aromatic carbocycles. The predicted octanol–water partition coefficient (Wildman–Crippen LogP) is 2.63. The molecule has 1 saturated carbocycles. The zero-order valence-electron chi connectivity index (χ0n) is 12.3. The van der Waals surface area contributed by atoms with Crippen molar-refractivity contribution in [2.24, 2.45) is 5.92 Å². The van der Waals surface area contributed by atoms with Gasteiger partial charge in [-0.1, -0.05) is 24.6 Å². The third kappa shape index (κ3) is 4.84. The summed E-state index contributed by atoms with van der Waals surface area (Å²) in [6, 6.07) is 9.38. The van der Waals surface area contributed by atoms with Crippen LogP contribution in [-0.2, 0) is 14.6 Å². The number of sulfone groups is 1. The normalized spacial score (nSPS) is 22.7. The zero-order valence-corrected chi connectivity index (χ0v) is 13.1. The molecule has 1 aromatic rings. The maximum Gasteiger partial charge on any atom is 0.150 e. The molecule has 0 radical (unpaired) electrons. The van der Waals surface area contributed by atoms with Crippen molar-refractivity contribution in [3.8, 4) is 5.75 Å². The number of hydrogen-bond donors (Lipinski definition) is 0. The van der Waals surface area contributed by atoms with Crippen molar-refractivity contribution >= 4 is 15.6 Å². The third-order valence-electron chi connectivity index (χ3n) is 4.05. The molecule has 2 rings (SSSR count). The van der Waals surface area contributed by atoms with Crippen LogP contribution < -0.4 is 4.74 Å². The number of para-hydroxylation sites is 1. The van der Waals surface area contributed by atoms with Gasteiger partial charge in [0.1, 0.15) is 21.4 Å². The molecule has 4 nitrogen and oxygen atoms in total. The summed E-state index contributed by atoms with van der Waals surface area (Å²) in [7, 11) is -3.04. The second-order valence-electron chi connectivity index (χ2n) is 5.69. The first-order chi connectivity index (χ1) is 9.97. The Labute approximate surface area is 126 Å². The number of ether oxygens (including phenoxy) is 1. The summed E-state index contributed by atoms with van der Waals surface area (Å²) in [4.78, 5) is 12.2. The average Bonchev–Trinajstić information content (AvgIpc) is 2.47. The summed E-state index contributed by atoms with van der Waals surface area (Å²) in [5.74, 6) is 0.750. The summed E-state index contributed by atoms with van der Waals surface area (Å²) < 4.78 is 28.8. The summed E-state index contributed by atoms with van der Waals surface area (Å²) in [5, 5.41) is -0.352. The van der Waals surface area contributed by atoms with Crippen molar-refractivity contribution in [2.75, 3.05) is 12.9 Å². The van der Waals surface area contributed by atoms with E-state index < -0.39 is 9.84 Å².